The third-order valence-electron chi connectivity index (χ3n) is 5.25. The molecule has 1 aliphatic heterocycles. The SMILES string of the molecule is CCCOc1ccc(C2/C(=C(\O)c3cc(C)ccc3OC)C(=O)C(=O)N2C)cc1OC. The van der Waals surface area contributed by atoms with Crippen molar-refractivity contribution in [1.82, 2.24) is 4.90 Å². The number of carbonyl (C=O) groups excluding carboxylic acids is 2. The van der Waals surface area contributed by atoms with Crippen molar-refractivity contribution >= 4 is 17.4 Å². The predicted octanol–water partition coefficient (Wildman–Crippen LogP) is 3.85. The summed E-state index contributed by atoms with van der Waals surface area (Å²) in [7, 11) is 4.54. The van der Waals surface area contributed by atoms with Gasteiger partial charge in [-0.05, 0) is 43.2 Å². The standard InChI is InChI=1S/C24H27NO6/c1-6-11-31-18-10-8-15(13-19(18)30-5)21-20(23(27)24(28)25(21)3)22(26)16-12-14(2)7-9-17(16)29-4/h7-10,12-13,21,26H,6,11H2,1-5H3/b22-20+. The number of Topliss-reactive ketones (excluding diaryl/α,β-unsaturated/α-hetero) is 1. The molecule has 1 atom stereocenters. The van der Waals surface area contributed by atoms with Gasteiger partial charge in [-0.15, -0.1) is 0 Å². The van der Waals surface area contributed by atoms with Crippen molar-refractivity contribution in [1.29, 1.82) is 0 Å². The van der Waals surface area contributed by atoms with E-state index in [0.717, 1.165) is 12.0 Å². The van der Waals surface area contributed by atoms with E-state index in [9.17, 15) is 14.7 Å². The number of amides is 1. The normalized spacial score (nSPS) is 17.7. The van der Waals surface area contributed by atoms with Crippen LogP contribution >= 0.6 is 0 Å². The number of aryl methyl sites for hydroxylation is 1. The highest BCUT2D eigenvalue weighted by molar-refractivity contribution is 6.46. The number of likely N-dealkylation sites (tertiary alicyclic amines) is 1. The molecule has 1 amide bonds. The van der Waals surface area contributed by atoms with Gasteiger partial charge in [-0.25, -0.2) is 0 Å². The van der Waals surface area contributed by atoms with Gasteiger partial charge in [0.2, 0.25) is 0 Å². The van der Waals surface area contributed by atoms with Crippen molar-refractivity contribution in [3.63, 3.8) is 0 Å². The van der Waals surface area contributed by atoms with Crippen LogP contribution in [0.1, 0.15) is 36.1 Å². The Morgan fingerprint density at radius 2 is 1.71 bits per heavy atom. The second-order valence-corrected chi connectivity index (χ2v) is 7.37. The lowest BCUT2D eigenvalue weighted by Crippen LogP contribution is -2.24. The van der Waals surface area contributed by atoms with E-state index < -0.39 is 17.7 Å². The maximum absolute atomic E-state index is 12.9. The van der Waals surface area contributed by atoms with E-state index in [1.54, 1.807) is 30.3 Å². The molecule has 7 nitrogen and oxygen atoms in total. The molecule has 0 aromatic heterocycles. The predicted molar refractivity (Wildman–Crippen MR) is 117 cm³/mol. The molecular weight excluding hydrogens is 398 g/mol. The fourth-order valence-corrected chi connectivity index (χ4v) is 3.68. The molecule has 1 heterocycles. The summed E-state index contributed by atoms with van der Waals surface area (Å²) in [6, 6.07) is 9.72. The highest BCUT2D eigenvalue weighted by Crippen LogP contribution is 2.42. The number of hydrogen-bond acceptors (Lipinski definition) is 6. The number of carbonyl (C=O) groups is 2. The lowest BCUT2D eigenvalue weighted by molar-refractivity contribution is -0.139. The topological polar surface area (TPSA) is 85.3 Å². The van der Waals surface area contributed by atoms with E-state index in [4.69, 9.17) is 14.2 Å². The van der Waals surface area contributed by atoms with Crippen LogP contribution in [0, 0.1) is 6.92 Å². The summed E-state index contributed by atoms with van der Waals surface area (Å²) < 4.78 is 16.5. The molecule has 1 fully saturated rings. The number of likely N-dealkylation sites (N-methyl/N-ethyl adjacent to an activating group) is 1. The Kier molecular flexibility index (Phi) is 6.53. The fraction of sp³-hybridized carbons (Fsp3) is 0.333. The zero-order valence-corrected chi connectivity index (χ0v) is 18.4. The number of hydrogen-bond donors (Lipinski definition) is 1. The molecule has 2 aromatic rings. The van der Waals surface area contributed by atoms with Crippen molar-refractivity contribution < 1.29 is 28.9 Å². The maximum Gasteiger partial charge on any atom is 0.295 e. The summed E-state index contributed by atoms with van der Waals surface area (Å²) in [5.74, 6) is -0.259. The second kappa shape index (κ2) is 9.12. The van der Waals surface area contributed by atoms with E-state index in [0.29, 0.717) is 35.0 Å². The van der Waals surface area contributed by atoms with Gasteiger partial charge in [-0.2, -0.15) is 0 Å². The van der Waals surface area contributed by atoms with Crippen LogP contribution in [0.2, 0.25) is 0 Å². The fourth-order valence-electron chi connectivity index (χ4n) is 3.68. The first-order valence-electron chi connectivity index (χ1n) is 10.0. The minimum atomic E-state index is -0.778. The van der Waals surface area contributed by atoms with Gasteiger partial charge in [0.05, 0.1) is 38.0 Å². The van der Waals surface area contributed by atoms with Crippen LogP contribution in [0.15, 0.2) is 42.0 Å². The summed E-state index contributed by atoms with van der Waals surface area (Å²) in [6.07, 6.45) is 0.846. The van der Waals surface area contributed by atoms with Crippen molar-refractivity contribution in [3.05, 3.63) is 58.7 Å². The molecule has 2 aromatic carbocycles. The van der Waals surface area contributed by atoms with Gasteiger partial charge >= 0.3 is 0 Å². The molecular formula is C24H27NO6. The Morgan fingerprint density at radius 3 is 2.35 bits per heavy atom. The van der Waals surface area contributed by atoms with Crippen LogP contribution in [0.5, 0.6) is 17.2 Å². The molecule has 164 valence electrons. The summed E-state index contributed by atoms with van der Waals surface area (Å²) in [5.41, 5.74) is 1.86. The number of benzene rings is 2. The molecule has 0 radical (unpaired) electrons. The second-order valence-electron chi connectivity index (χ2n) is 7.37. The van der Waals surface area contributed by atoms with Crippen LogP contribution in [0.3, 0.4) is 0 Å². The first kappa shape index (κ1) is 22.2. The average molecular weight is 425 g/mol. The van der Waals surface area contributed by atoms with Crippen LogP contribution in [-0.2, 0) is 9.59 Å². The molecule has 3 rings (SSSR count). The largest absolute Gasteiger partial charge is 0.507 e. The van der Waals surface area contributed by atoms with E-state index in [1.165, 1.54) is 26.2 Å². The number of aliphatic hydroxyl groups excluding tert-OH is 1. The van der Waals surface area contributed by atoms with Crippen LogP contribution in [0.25, 0.3) is 5.76 Å². The summed E-state index contributed by atoms with van der Waals surface area (Å²) in [4.78, 5) is 26.7. The summed E-state index contributed by atoms with van der Waals surface area (Å²) >= 11 is 0. The first-order valence-corrected chi connectivity index (χ1v) is 10.0. The van der Waals surface area contributed by atoms with E-state index in [2.05, 4.69) is 0 Å². The minimum Gasteiger partial charge on any atom is -0.507 e. The maximum atomic E-state index is 12.9. The number of nitrogens with zero attached hydrogens (tertiary/aromatic N) is 1. The van der Waals surface area contributed by atoms with Crippen molar-refractivity contribution in [2.75, 3.05) is 27.9 Å². The number of aliphatic hydroxyl groups is 1. The Balaban J connectivity index is 2.17. The highest BCUT2D eigenvalue weighted by Gasteiger charge is 2.44. The third-order valence-corrected chi connectivity index (χ3v) is 5.25. The Morgan fingerprint density at radius 1 is 1.03 bits per heavy atom. The van der Waals surface area contributed by atoms with Gasteiger partial charge in [0.25, 0.3) is 11.7 Å². The number of methoxy groups -OCH3 is 2. The molecule has 0 spiro atoms. The summed E-state index contributed by atoms with van der Waals surface area (Å²) in [5, 5.41) is 11.1. The van der Waals surface area contributed by atoms with Crippen molar-refractivity contribution in [3.8, 4) is 17.2 Å². The van der Waals surface area contributed by atoms with Gasteiger partial charge in [0.1, 0.15) is 11.5 Å². The smallest absolute Gasteiger partial charge is 0.295 e. The van der Waals surface area contributed by atoms with Gasteiger partial charge in [-0.3, -0.25) is 9.59 Å². The number of ether oxygens (including phenoxy) is 3. The Labute approximate surface area is 181 Å². The zero-order valence-electron chi connectivity index (χ0n) is 18.4. The number of rotatable bonds is 7. The molecule has 0 aliphatic carbocycles. The molecule has 31 heavy (non-hydrogen) atoms. The quantitative estimate of drug-likeness (QED) is 0.412. The van der Waals surface area contributed by atoms with Crippen LogP contribution < -0.4 is 14.2 Å². The minimum absolute atomic E-state index is 0.000629. The Hall–Kier alpha value is -3.48. The molecule has 1 aliphatic rings. The van der Waals surface area contributed by atoms with Crippen molar-refractivity contribution in [2.45, 2.75) is 26.3 Å². The van der Waals surface area contributed by atoms with E-state index in [-0.39, 0.29) is 11.3 Å². The van der Waals surface area contributed by atoms with E-state index in [1.807, 2.05) is 19.9 Å². The molecule has 1 N–H and O–H groups in total. The van der Waals surface area contributed by atoms with Crippen LogP contribution in [-0.4, -0.2) is 49.6 Å². The van der Waals surface area contributed by atoms with E-state index >= 15 is 0 Å². The molecule has 0 bridgehead atoms. The summed E-state index contributed by atoms with van der Waals surface area (Å²) in [6.45, 7) is 4.41. The average Bonchev–Trinajstić information content (AvgIpc) is 3.00. The molecule has 7 heteroatoms. The highest BCUT2D eigenvalue weighted by atomic mass is 16.5. The molecule has 1 saturated heterocycles. The van der Waals surface area contributed by atoms with Crippen LogP contribution in [0.4, 0.5) is 0 Å². The number of ketones is 1. The van der Waals surface area contributed by atoms with Gasteiger partial charge in [0.15, 0.2) is 11.5 Å². The lowest BCUT2D eigenvalue weighted by atomic mass is 9.94. The first-order chi connectivity index (χ1) is 14.8. The van der Waals surface area contributed by atoms with Crippen molar-refractivity contribution in [2.24, 2.45) is 0 Å². The lowest BCUT2D eigenvalue weighted by Gasteiger charge is -2.22. The Bertz CT molecular complexity index is 1040. The monoisotopic (exact) mass is 425 g/mol. The molecule has 0 saturated carbocycles. The van der Waals surface area contributed by atoms with Gasteiger partial charge in [-0.1, -0.05) is 24.6 Å². The van der Waals surface area contributed by atoms with Gasteiger partial charge < -0.3 is 24.2 Å². The zero-order chi connectivity index (χ0) is 22.7. The third kappa shape index (κ3) is 4.08. The molecule has 1 unspecified atom stereocenters. The van der Waals surface area contributed by atoms with Gasteiger partial charge in [0, 0.05) is 7.05 Å².